The molecule has 1 aromatic rings. The van der Waals surface area contributed by atoms with Gasteiger partial charge in [0.25, 0.3) is 0 Å². The summed E-state index contributed by atoms with van der Waals surface area (Å²) in [5.41, 5.74) is 0.530. The van der Waals surface area contributed by atoms with Crippen molar-refractivity contribution >= 4 is 11.9 Å². The monoisotopic (exact) mass is 251 g/mol. The molecule has 1 atom stereocenters. The molecule has 0 aliphatic heterocycles. The first kappa shape index (κ1) is 14.2. The number of rotatable bonds is 6. The van der Waals surface area contributed by atoms with Crippen LogP contribution in [0.2, 0.25) is 0 Å². The van der Waals surface area contributed by atoms with Gasteiger partial charge in [-0.2, -0.15) is 0 Å². The van der Waals surface area contributed by atoms with Gasteiger partial charge in [0, 0.05) is 0 Å². The van der Waals surface area contributed by atoms with Crippen LogP contribution < -0.4 is 5.32 Å². The van der Waals surface area contributed by atoms with Crippen molar-refractivity contribution in [2.75, 3.05) is 6.61 Å². The summed E-state index contributed by atoms with van der Waals surface area (Å²) in [5.74, 6) is -1.54. The highest BCUT2D eigenvalue weighted by atomic mass is 16.5. The van der Waals surface area contributed by atoms with Crippen molar-refractivity contribution in [3.05, 3.63) is 35.9 Å². The summed E-state index contributed by atoms with van der Waals surface area (Å²) >= 11 is 0. The average molecular weight is 251 g/mol. The number of benzene rings is 1. The molecule has 5 nitrogen and oxygen atoms in total. The van der Waals surface area contributed by atoms with E-state index in [2.05, 4.69) is 5.32 Å². The molecule has 0 bridgehead atoms. The lowest BCUT2D eigenvalue weighted by Crippen LogP contribution is -2.36. The van der Waals surface area contributed by atoms with Gasteiger partial charge in [0.2, 0.25) is 5.91 Å². The second-order valence-electron chi connectivity index (χ2n) is 4.11. The number of nitrogens with one attached hydrogen (secondary N) is 1. The van der Waals surface area contributed by atoms with Crippen LogP contribution in [0.3, 0.4) is 0 Å². The van der Waals surface area contributed by atoms with E-state index in [0.717, 1.165) is 0 Å². The van der Waals surface area contributed by atoms with Gasteiger partial charge in [-0.05, 0) is 19.4 Å². The van der Waals surface area contributed by atoms with Crippen molar-refractivity contribution in [1.82, 2.24) is 5.32 Å². The summed E-state index contributed by atoms with van der Waals surface area (Å²) in [5, 5.41) is 11.5. The quantitative estimate of drug-likeness (QED) is 0.800. The molecule has 0 saturated heterocycles. The Morgan fingerprint density at radius 2 is 1.89 bits per heavy atom. The van der Waals surface area contributed by atoms with Crippen LogP contribution >= 0.6 is 0 Å². The molecule has 2 N–H and O–H groups in total. The van der Waals surface area contributed by atoms with Crippen molar-refractivity contribution in [2.24, 2.45) is 0 Å². The molecule has 0 fully saturated rings. The van der Waals surface area contributed by atoms with E-state index in [4.69, 9.17) is 9.84 Å². The fourth-order valence-electron chi connectivity index (χ4n) is 1.38. The topological polar surface area (TPSA) is 75.6 Å². The van der Waals surface area contributed by atoms with E-state index < -0.39 is 17.9 Å². The van der Waals surface area contributed by atoms with Gasteiger partial charge in [0.1, 0.15) is 6.61 Å². The second-order valence-corrected chi connectivity index (χ2v) is 4.11. The highest BCUT2D eigenvalue weighted by molar-refractivity contribution is 5.85. The molecule has 0 aliphatic rings. The van der Waals surface area contributed by atoms with Crippen LogP contribution in [0.4, 0.5) is 0 Å². The van der Waals surface area contributed by atoms with E-state index in [1.807, 2.05) is 0 Å². The number of hydrogen-bond acceptors (Lipinski definition) is 3. The molecule has 0 saturated carbocycles. The zero-order valence-electron chi connectivity index (χ0n) is 10.4. The van der Waals surface area contributed by atoms with Gasteiger partial charge in [0.15, 0.2) is 6.04 Å². The van der Waals surface area contributed by atoms with Crippen molar-refractivity contribution in [3.8, 4) is 0 Å². The minimum Gasteiger partial charge on any atom is -0.479 e. The van der Waals surface area contributed by atoms with E-state index in [0.29, 0.717) is 5.56 Å². The molecule has 0 unspecified atom stereocenters. The zero-order chi connectivity index (χ0) is 13.5. The number of hydrogen-bond donors (Lipinski definition) is 2. The van der Waals surface area contributed by atoms with Gasteiger partial charge < -0.3 is 15.2 Å². The average Bonchev–Trinajstić information content (AvgIpc) is 2.34. The number of carboxylic acid groups (broad SMARTS) is 1. The molecule has 0 heterocycles. The molecule has 0 aliphatic carbocycles. The summed E-state index contributed by atoms with van der Waals surface area (Å²) < 4.78 is 5.12. The van der Waals surface area contributed by atoms with Gasteiger partial charge >= 0.3 is 5.97 Å². The first-order valence-corrected chi connectivity index (χ1v) is 5.69. The molecule has 98 valence electrons. The van der Waals surface area contributed by atoms with Crippen molar-refractivity contribution in [1.29, 1.82) is 0 Å². The predicted molar refractivity (Wildman–Crippen MR) is 66.0 cm³/mol. The summed E-state index contributed by atoms with van der Waals surface area (Å²) in [7, 11) is 0. The molecule has 18 heavy (non-hydrogen) atoms. The third kappa shape index (κ3) is 4.55. The fraction of sp³-hybridized carbons (Fsp3) is 0.385. The molecule has 1 rings (SSSR count). The first-order valence-electron chi connectivity index (χ1n) is 5.69. The van der Waals surface area contributed by atoms with Crippen LogP contribution in [-0.2, 0) is 14.3 Å². The highest BCUT2D eigenvalue weighted by Crippen LogP contribution is 2.12. The lowest BCUT2D eigenvalue weighted by atomic mass is 10.1. The summed E-state index contributed by atoms with van der Waals surface area (Å²) in [6, 6.07) is 7.50. The summed E-state index contributed by atoms with van der Waals surface area (Å²) in [4.78, 5) is 22.7. The maximum absolute atomic E-state index is 11.5. The Bertz CT molecular complexity index is 403. The van der Waals surface area contributed by atoms with Crippen LogP contribution in [0.1, 0.15) is 25.5 Å². The molecule has 0 spiro atoms. The lowest BCUT2D eigenvalue weighted by Gasteiger charge is -2.15. The number of carbonyl (C=O) groups is 2. The van der Waals surface area contributed by atoms with Crippen molar-refractivity contribution in [2.45, 2.75) is 26.0 Å². The fourth-order valence-corrected chi connectivity index (χ4v) is 1.38. The first-order chi connectivity index (χ1) is 8.50. The Morgan fingerprint density at radius 3 is 2.39 bits per heavy atom. The van der Waals surface area contributed by atoms with Crippen LogP contribution in [0.15, 0.2) is 30.3 Å². The summed E-state index contributed by atoms with van der Waals surface area (Å²) in [6.07, 6.45) is -0.0734. The molecule has 1 amide bonds. The standard InChI is InChI=1S/C13H17NO4/c1-9(2)18-8-11(15)14-12(13(16)17)10-6-4-3-5-7-10/h3-7,9,12H,8H2,1-2H3,(H,14,15)(H,16,17)/t12-/m0/s1. The van der Waals surface area contributed by atoms with E-state index in [1.165, 1.54) is 0 Å². The van der Waals surface area contributed by atoms with E-state index >= 15 is 0 Å². The highest BCUT2D eigenvalue weighted by Gasteiger charge is 2.21. The Morgan fingerprint density at radius 1 is 1.28 bits per heavy atom. The Balaban J connectivity index is 2.65. The molecular weight excluding hydrogens is 234 g/mol. The molecule has 0 radical (unpaired) electrons. The lowest BCUT2D eigenvalue weighted by molar-refractivity contribution is -0.143. The minimum absolute atomic E-state index is 0.0734. The maximum atomic E-state index is 11.5. The molecule has 1 aromatic carbocycles. The maximum Gasteiger partial charge on any atom is 0.330 e. The zero-order valence-corrected chi connectivity index (χ0v) is 10.4. The molecule has 0 aromatic heterocycles. The van der Waals surface area contributed by atoms with Gasteiger partial charge in [0.05, 0.1) is 6.10 Å². The van der Waals surface area contributed by atoms with E-state index in [-0.39, 0.29) is 12.7 Å². The van der Waals surface area contributed by atoms with Crippen LogP contribution in [0.5, 0.6) is 0 Å². The smallest absolute Gasteiger partial charge is 0.330 e. The SMILES string of the molecule is CC(C)OCC(=O)N[C@H](C(=O)O)c1ccccc1. The van der Waals surface area contributed by atoms with Gasteiger partial charge in [-0.15, -0.1) is 0 Å². The molecular formula is C13H17NO4. The third-order valence-electron chi connectivity index (χ3n) is 2.23. The van der Waals surface area contributed by atoms with Gasteiger partial charge in [-0.3, -0.25) is 4.79 Å². The van der Waals surface area contributed by atoms with Crippen molar-refractivity contribution < 1.29 is 19.4 Å². The summed E-state index contributed by atoms with van der Waals surface area (Å²) in [6.45, 7) is 3.46. The number of carboxylic acids is 1. The van der Waals surface area contributed by atoms with E-state index in [9.17, 15) is 9.59 Å². The van der Waals surface area contributed by atoms with Crippen molar-refractivity contribution in [3.63, 3.8) is 0 Å². The minimum atomic E-state index is -1.10. The number of carbonyl (C=O) groups excluding carboxylic acids is 1. The van der Waals surface area contributed by atoms with Crippen LogP contribution in [0, 0.1) is 0 Å². The number of ether oxygens (including phenoxy) is 1. The van der Waals surface area contributed by atoms with Gasteiger partial charge in [-0.25, -0.2) is 4.79 Å². The largest absolute Gasteiger partial charge is 0.479 e. The number of amides is 1. The Hall–Kier alpha value is -1.88. The van der Waals surface area contributed by atoms with Gasteiger partial charge in [-0.1, -0.05) is 30.3 Å². The Labute approximate surface area is 106 Å². The van der Waals surface area contributed by atoms with Crippen LogP contribution in [-0.4, -0.2) is 29.7 Å². The predicted octanol–water partition coefficient (Wildman–Crippen LogP) is 1.35. The normalized spacial score (nSPS) is 12.2. The van der Waals surface area contributed by atoms with E-state index in [1.54, 1.807) is 44.2 Å². The third-order valence-corrected chi connectivity index (χ3v) is 2.23. The Kier molecular flexibility index (Phi) is 5.32. The van der Waals surface area contributed by atoms with Crippen LogP contribution in [0.25, 0.3) is 0 Å². The second kappa shape index (κ2) is 6.76. The number of aliphatic carboxylic acids is 1. The molecule has 5 heteroatoms.